The highest BCUT2D eigenvalue weighted by atomic mass is 32.1. The van der Waals surface area contributed by atoms with Crippen LogP contribution < -0.4 is 10.6 Å². The second kappa shape index (κ2) is 7.35. The first-order valence-corrected chi connectivity index (χ1v) is 10.9. The fourth-order valence-electron chi connectivity index (χ4n) is 3.77. The second-order valence-corrected chi connectivity index (χ2v) is 8.79. The molecule has 0 aromatic carbocycles. The van der Waals surface area contributed by atoms with E-state index in [-0.39, 0.29) is 11.8 Å². The minimum atomic E-state index is -0.120. The molecule has 27 heavy (non-hydrogen) atoms. The smallest absolute Gasteiger partial charge is 0.205 e. The molecule has 0 fully saturated rings. The third-order valence-corrected chi connectivity index (χ3v) is 6.63. The molecule has 0 saturated carbocycles. The van der Waals surface area contributed by atoms with E-state index in [1.165, 1.54) is 10.5 Å². The van der Waals surface area contributed by atoms with Crippen molar-refractivity contribution >= 4 is 28.7 Å². The Labute approximate surface area is 167 Å². The van der Waals surface area contributed by atoms with Crippen LogP contribution in [0.3, 0.4) is 0 Å². The summed E-state index contributed by atoms with van der Waals surface area (Å²) in [6.07, 6.45) is 2.20. The van der Waals surface area contributed by atoms with Crippen LogP contribution >= 0.6 is 22.7 Å². The van der Waals surface area contributed by atoms with Crippen molar-refractivity contribution in [2.45, 2.75) is 25.8 Å². The fourth-order valence-corrected chi connectivity index (χ4v) is 5.08. The van der Waals surface area contributed by atoms with Gasteiger partial charge in [-0.25, -0.2) is 0 Å². The number of allylic oxidation sites excluding steroid dienone is 1. The van der Waals surface area contributed by atoms with Gasteiger partial charge in [-0.1, -0.05) is 0 Å². The third-order valence-electron chi connectivity index (χ3n) is 5.23. The molecule has 2 atom stereocenters. The Morgan fingerprint density at radius 1 is 1.26 bits per heavy atom. The first kappa shape index (κ1) is 18.1. The Morgan fingerprint density at radius 2 is 2.04 bits per heavy atom. The fraction of sp³-hybridized carbons (Fsp3) is 0.286. The first-order valence-electron chi connectivity index (χ1n) is 8.99. The number of rotatable bonds is 3. The van der Waals surface area contributed by atoms with E-state index in [1.54, 1.807) is 22.7 Å². The third kappa shape index (κ3) is 3.34. The van der Waals surface area contributed by atoms with Crippen molar-refractivity contribution in [2.75, 3.05) is 13.1 Å². The van der Waals surface area contributed by atoms with Gasteiger partial charge in [0.15, 0.2) is 0 Å². The van der Waals surface area contributed by atoms with E-state index in [9.17, 15) is 5.26 Å². The number of hydrogen-bond donors (Lipinski definition) is 2. The van der Waals surface area contributed by atoms with Crippen LogP contribution in [0, 0.1) is 11.3 Å². The topological polar surface area (TPSA) is 63.5 Å². The van der Waals surface area contributed by atoms with Crippen molar-refractivity contribution in [3.8, 4) is 6.07 Å². The lowest BCUT2D eigenvalue weighted by Gasteiger charge is -2.37. The number of hydrogen-bond acceptors (Lipinski definition) is 5. The number of quaternary nitrogens is 1. The van der Waals surface area contributed by atoms with Crippen LogP contribution in [0.1, 0.15) is 30.9 Å². The summed E-state index contributed by atoms with van der Waals surface area (Å²) in [5, 5.41) is 18.1. The maximum atomic E-state index is 9.76. The summed E-state index contributed by atoms with van der Waals surface area (Å²) in [6.45, 7) is 6.22. The molecule has 6 heteroatoms. The SMILES string of the molecule is CC(C)[NH+]1CC(=Cc2ccsc2)C2=C(C1)[C@H](c1ccsc1)C(C#N)=C(N)O2. The quantitative estimate of drug-likeness (QED) is 0.837. The van der Waals surface area contributed by atoms with Crippen molar-refractivity contribution in [2.24, 2.45) is 5.73 Å². The summed E-state index contributed by atoms with van der Waals surface area (Å²) in [5.74, 6) is 0.972. The van der Waals surface area contributed by atoms with E-state index in [4.69, 9.17) is 10.5 Å². The summed E-state index contributed by atoms with van der Waals surface area (Å²) in [7, 11) is 0. The van der Waals surface area contributed by atoms with E-state index >= 15 is 0 Å². The second-order valence-electron chi connectivity index (χ2n) is 7.23. The minimum Gasteiger partial charge on any atom is -0.440 e. The lowest BCUT2D eigenvalue weighted by atomic mass is 9.81. The number of nitrogens with zero attached hydrogens (tertiary/aromatic N) is 1. The highest BCUT2D eigenvalue weighted by Gasteiger charge is 2.40. The van der Waals surface area contributed by atoms with Gasteiger partial charge in [0.1, 0.15) is 30.5 Å². The molecule has 2 aromatic heterocycles. The Balaban J connectivity index is 1.87. The molecule has 0 saturated heterocycles. The molecular weight excluding hydrogens is 374 g/mol. The predicted octanol–water partition coefficient (Wildman–Crippen LogP) is 3.26. The zero-order valence-corrected chi connectivity index (χ0v) is 17.0. The van der Waals surface area contributed by atoms with Gasteiger partial charge in [0.05, 0.1) is 12.0 Å². The maximum absolute atomic E-state index is 9.76. The average Bonchev–Trinajstić information content (AvgIpc) is 3.34. The van der Waals surface area contributed by atoms with E-state index < -0.39 is 0 Å². The summed E-state index contributed by atoms with van der Waals surface area (Å²) in [6, 6.07) is 6.97. The summed E-state index contributed by atoms with van der Waals surface area (Å²) in [5.41, 5.74) is 11.3. The molecule has 138 valence electrons. The van der Waals surface area contributed by atoms with Crippen LogP contribution in [0.2, 0.25) is 0 Å². The van der Waals surface area contributed by atoms with Gasteiger partial charge in [0.2, 0.25) is 5.88 Å². The molecule has 0 spiro atoms. The van der Waals surface area contributed by atoms with Crippen molar-refractivity contribution < 1.29 is 9.64 Å². The molecule has 4 rings (SSSR count). The zero-order chi connectivity index (χ0) is 19.0. The molecule has 2 aromatic rings. The number of thiophene rings is 2. The van der Waals surface area contributed by atoms with Gasteiger partial charge in [0.25, 0.3) is 0 Å². The molecule has 2 aliphatic heterocycles. The summed E-state index contributed by atoms with van der Waals surface area (Å²) in [4.78, 5) is 1.47. The standard InChI is InChI=1S/C21H21N3OS2/c1-13(2)24-9-16(7-14-3-5-26-11-14)20-18(10-24)19(15-4-6-27-12-15)17(8-22)21(23)25-20/h3-7,11-13,19H,9-10,23H2,1-2H3/p+1/t19-/m1/s1. The summed E-state index contributed by atoms with van der Waals surface area (Å²) >= 11 is 3.33. The molecule has 3 N–H and O–H groups in total. The van der Waals surface area contributed by atoms with Crippen molar-refractivity contribution in [3.05, 3.63) is 73.1 Å². The van der Waals surface area contributed by atoms with Crippen LogP contribution in [0.15, 0.2) is 62.0 Å². The number of nitrogens with two attached hydrogens (primary N) is 1. The van der Waals surface area contributed by atoms with Crippen LogP contribution in [0.4, 0.5) is 0 Å². The molecule has 2 aliphatic rings. The molecule has 0 bridgehead atoms. The van der Waals surface area contributed by atoms with Gasteiger partial charge in [-0.15, -0.1) is 0 Å². The normalized spacial score (nSPS) is 24.1. The van der Waals surface area contributed by atoms with Gasteiger partial charge >= 0.3 is 0 Å². The molecule has 0 aliphatic carbocycles. The van der Waals surface area contributed by atoms with E-state index in [1.807, 2.05) is 5.38 Å². The molecule has 4 heterocycles. The van der Waals surface area contributed by atoms with Crippen molar-refractivity contribution in [1.29, 1.82) is 5.26 Å². The highest BCUT2D eigenvalue weighted by Crippen LogP contribution is 2.42. The van der Waals surface area contributed by atoms with E-state index in [2.05, 4.69) is 54.3 Å². The molecule has 1 unspecified atom stereocenters. The Hall–Kier alpha value is -2.33. The van der Waals surface area contributed by atoms with Crippen LogP contribution in [0.25, 0.3) is 6.08 Å². The monoisotopic (exact) mass is 396 g/mol. The van der Waals surface area contributed by atoms with Gasteiger partial charge in [-0.3, -0.25) is 0 Å². The first-order chi connectivity index (χ1) is 13.1. The van der Waals surface area contributed by atoms with Crippen LogP contribution in [-0.4, -0.2) is 19.1 Å². The van der Waals surface area contributed by atoms with Gasteiger partial charge in [-0.05, 0) is 64.7 Å². The van der Waals surface area contributed by atoms with Crippen molar-refractivity contribution in [1.82, 2.24) is 0 Å². The van der Waals surface area contributed by atoms with Gasteiger partial charge in [-0.2, -0.15) is 27.9 Å². The zero-order valence-electron chi connectivity index (χ0n) is 15.4. The number of ether oxygens (including phenoxy) is 1. The maximum Gasteiger partial charge on any atom is 0.205 e. The Kier molecular flexibility index (Phi) is 4.92. The van der Waals surface area contributed by atoms with Gasteiger partial charge in [0, 0.05) is 11.1 Å². The Morgan fingerprint density at radius 3 is 2.67 bits per heavy atom. The minimum absolute atomic E-state index is 0.120. The Bertz CT molecular complexity index is 960. The average molecular weight is 397 g/mol. The highest BCUT2D eigenvalue weighted by molar-refractivity contribution is 7.08. The molecule has 0 amide bonds. The van der Waals surface area contributed by atoms with E-state index in [0.717, 1.165) is 35.6 Å². The molecule has 4 nitrogen and oxygen atoms in total. The summed E-state index contributed by atoms with van der Waals surface area (Å²) < 4.78 is 6.05. The molecular formula is C21H22N3OS2+. The molecule has 0 radical (unpaired) electrons. The lowest BCUT2D eigenvalue weighted by molar-refractivity contribution is -0.913. The number of nitrogens with one attached hydrogen (secondary N) is 1. The van der Waals surface area contributed by atoms with E-state index in [0.29, 0.717) is 11.6 Å². The van der Waals surface area contributed by atoms with Crippen LogP contribution in [0.5, 0.6) is 0 Å². The van der Waals surface area contributed by atoms with Crippen LogP contribution in [-0.2, 0) is 4.74 Å². The lowest BCUT2D eigenvalue weighted by Crippen LogP contribution is -3.16. The van der Waals surface area contributed by atoms with Crippen molar-refractivity contribution in [3.63, 3.8) is 0 Å². The largest absolute Gasteiger partial charge is 0.440 e. The van der Waals surface area contributed by atoms with Gasteiger partial charge < -0.3 is 15.4 Å². The predicted molar refractivity (Wildman–Crippen MR) is 110 cm³/mol. The number of nitriles is 1.